The van der Waals surface area contributed by atoms with E-state index in [-0.39, 0.29) is 0 Å². The molecule has 0 bridgehead atoms. The van der Waals surface area contributed by atoms with Gasteiger partial charge in [-0.2, -0.15) is 0 Å². The highest BCUT2D eigenvalue weighted by molar-refractivity contribution is 7.85. The normalized spacial score (nSPS) is 18.5. The number of nitrogen functional groups attached to an aromatic ring is 1. The Kier molecular flexibility index (Phi) is 3.10. The second-order valence-corrected chi connectivity index (χ2v) is 5.76. The van der Waals surface area contributed by atoms with Crippen LogP contribution in [-0.4, -0.2) is 9.96 Å². The summed E-state index contributed by atoms with van der Waals surface area (Å²) >= 11 is 0. The summed E-state index contributed by atoms with van der Waals surface area (Å²) in [5.41, 5.74) is 7.65. The molecule has 0 radical (unpaired) electrons. The molecule has 3 heteroatoms. The van der Waals surface area contributed by atoms with Crippen molar-refractivity contribution in [3.8, 4) is 0 Å². The number of hydrogen-bond acceptors (Lipinski definition) is 2. The Morgan fingerprint density at radius 2 is 2.20 bits per heavy atom. The van der Waals surface area contributed by atoms with Crippen LogP contribution in [0.1, 0.15) is 24.8 Å². The van der Waals surface area contributed by atoms with E-state index in [1.807, 2.05) is 25.1 Å². The predicted octanol–water partition coefficient (Wildman–Crippen LogP) is 2.48. The lowest BCUT2D eigenvalue weighted by molar-refractivity contribution is 0.350. The molecule has 0 aromatic heterocycles. The van der Waals surface area contributed by atoms with Gasteiger partial charge in [0.15, 0.2) is 0 Å². The molecule has 1 aliphatic rings. The number of para-hydroxylation sites is 1. The molecule has 2 N–H and O–H groups in total. The van der Waals surface area contributed by atoms with E-state index >= 15 is 0 Å². The third-order valence-corrected chi connectivity index (χ3v) is 4.76. The summed E-state index contributed by atoms with van der Waals surface area (Å²) in [6.07, 6.45) is 3.76. The van der Waals surface area contributed by atoms with Crippen molar-refractivity contribution in [1.82, 2.24) is 0 Å². The number of nitrogens with two attached hydrogens (primary N) is 1. The molecule has 1 fully saturated rings. The van der Waals surface area contributed by atoms with Gasteiger partial charge in [0.2, 0.25) is 0 Å². The number of benzene rings is 1. The highest BCUT2D eigenvalue weighted by atomic mass is 32.2. The van der Waals surface area contributed by atoms with Crippen molar-refractivity contribution in [2.45, 2.75) is 31.1 Å². The Hall–Kier alpha value is -0.830. The first-order valence-corrected chi connectivity index (χ1v) is 6.74. The summed E-state index contributed by atoms with van der Waals surface area (Å²) in [5, 5.41) is 0. The van der Waals surface area contributed by atoms with E-state index in [4.69, 9.17) is 5.73 Å². The topological polar surface area (TPSA) is 43.1 Å². The van der Waals surface area contributed by atoms with Crippen molar-refractivity contribution in [2.24, 2.45) is 5.92 Å². The van der Waals surface area contributed by atoms with E-state index in [1.165, 1.54) is 19.3 Å². The first kappa shape index (κ1) is 10.7. The van der Waals surface area contributed by atoms with Crippen molar-refractivity contribution in [3.63, 3.8) is 0 Å². The summed E-state index contributed by atoms with van der Waals surface area (Å²) < 4.78 is 12.1. The van der Waals surface area contributed by atoms with Gasteiger partial charge in [-0.25, -0.2) is 0 Å². The molecule has 15 heavy (non-hydrogen) atoms. The molecule has 2 nitrogen and oxygen atoms in total. The largest absolute Gasteiger partial charge is 0.398 e. The van der Waals surface area contributed by atoms with E-state index in [0.29, 0.717) is 11.6 Å². The average Bonchev–Trinajstić information content (AvgIpc) is 2.15. The van der Waals surface area contributed by atoms with Gasteiger partial charge in [-0.1, -0.05) is 18.6 Å². The Morgan fingerprint density at radius 3 is 2.80 bits per heavy atom. The molecule has 82 valence electrons. The van der Waals surface area contributed by atoms with Crippen LogP contribution in [0.15, 0.2) is 23.1 Å². The molecule has 1 aromatic rings. The number of rotatable bonds is 3. The van der Waals surface area contributed by atoms with Gasteiger partial charge >= 0.3 is 0 Å². The minimum absolute atomic E-state index is 0.658. The molecule has 1 aromatic carbocycles. The van der Waals surface area contributed by atoms with E-state index in [2.05, 4.69) is 0 Å². The Labute approximate surface area is 93.3 Å². The maximum Gasteiger partial charge on any atom is 0.0620 e. The zero-order valence-corrected chi connectivity index (χ0v) is 9.85. The highest BCUT2D eigenvalue weighted by Gasteiger charge is 2.21. The lowest BCUT2D eigenvalue weighted by atomic mass is 9.87. The standard InChI is InChI=1S/C12H17NOS/c1-9-4-2-7-11(12(9)13)15(14)8-10-5-3-6-10/h2,4,7,10H,3,5-6,8,13H2,1H3. The van der Waals surface area contributed by atoms with E-state index < -0.39 is 10.8 Å². The lowest BCUT2D eigenvalue weighted by Gasteiger charge is -2.24. The molecule has 0 amide bonds. The summed E-state index contributed by atoms with van der Waals surface area (Å²) in [6.45, 7) is 1.96. The Bertz CT molecular complexity index is 385. The van der Waals surface area contributed by atoms with Gasteiger partial charge in [-0.15, -0.1) is 0 Å². The quantitative estimate of drug-likeness (QED) is 0.800. The predicted molar refractivity (Wildman–Crippen MR) is 64.2 cm³/mol. The second kappa shape index (κ2) is 4.35. The molecule has 2 rings (SSSR count). The van der Waals surface area contributed by atoms with Gasteiger partial charge in [0, 0.05) is 5.75 Å². The zero-order chi connectivity index (χ0) is 10.8. The molecule has 0 heterocycles. The number of hydrogen-bond donors (Lipinski definition) is 1. The summed E-state index contributed by atoms with van der Waals surface area (Å²) in [7, 11) is -0.909. The van der Waals surface area contributed by atoms with Crippen molar-refractivity contribution in [1.29, 1.82) is 0 Å². The molecule has 1 unspecified atom stereocenters. The molecule has 0 spiro atoms. The molecule has 0 aliphatic heterocycles. The third kappa shape index (κ3) is 2.23. The first-order valence-electron chi connectivity index (χ1n) is 5.42. The van der Waals surface area contributed by atoms with E-state index in [9.17, 15) is 4.21 Å². The monoisotopic (exact) mass is 223 g/mol. The molecule has 1 aliphatic carbocycles. The van der Waals surface area contributed by atoms with E-state index in [0.717, 1.165) is 16.2 Å². The maximum atomic E-state index is 12.1. The SMILES string of the molecule is Cc1cccc(S(=O)CC2CCC2)c1N. The van der Waals surface area contributed by atoms with Gasteiger partial charge in [0.1, 0.15) is 0 Å². The molecular formula is C12H17NOS. The second-order valence-electron chi connectivity index (χ2n) is 4.30. The Balaban J connectivity index is 2.13. The van der Waals surface area contributed by atoms with Gasteiger partial charge in [0.05, 0.1) is 21.4 Å². The average molecular weight is 223 g/mol. The van der Waals surface area contributed by atoms with Crippen LogP contribution < -0.4 is 5.73 Å². The minimum atomic E-state index is -0.909. The molecule has 1 atom stereocenters. The fraction of sp³-hybridized carbons (Fsp3) is 0.500. The smallest absolute Gasteiger partial charge is 0.0620 e. The summed E-state index contributed by atoms with van der Waals surface area (Å²) in [6, 6.07) is 5.77. The zero-order valence-electron chi connectivity index (χ0n) is 9.03. The Morgan fingerprint density at radius 1 is 1.47 bits per heavy atom. The van der Waals surface area contributed by atoms with Crippen LogP contribution >= 0.6 is 0 Å². The van der Waals surface area contributed by atoms with Crippen LogP contribution in [-0.2, 0) is 10.8 Å². The van der Waals surface area contributed by atoms with Crippen molar-refractivity contribution in [3.05, 3.63) is 23.8 Å². The van der Waals surface area contributed by atoms with Gasteiger partial charge in [-0.3, -0.25) is 4.21 Å². The fourth-order valence-electron chi connectivity index (χ4n) is 1.82. The van der Waals surface area contributed by atoms with Crippen LogP contribution in [0.2, 0.25) is 0 Å². The number of anilines is 1. The van der Waals surface area contributed by atoms with Crippen molar-refractivity contribution >= 4 is 16.5 Å². The number of aryl methyl sites for hydroxylation is 1. The van der Waals surface area contributed by atoms with Crippen LogP contribution in [0.5, 0.6) is 0 Å². The maximum absolute atomic E-state index is 12.1. The van der Waals surface area contributed by atoms with Crippen molar-refractivity contribution < 1.29 is 4.21 Å². The van der Waals surface area contributed by atoms with Crippen LogP contribution in [0.25, 0.3) is 0 Å². The first-order chi connectivity index (χ1) is 7.18. The summed E-state index contributed by atoms with van der Waals surface area (Å²) in [5.74, 6) is 1.44. The molecule has 1 saturated carbocycles. The molecule has 0 saturated heterocycles. The van der Waals surface area contributed by atoms with Gasteiger partial charge < -0.3 is 5.73 Å². The third-order valence-electron chi connectivity index (χ3n) is 3.14. The highest BCUT2D eigenvalue weighted by Crippen LogP contribution is 2.30. The fourth-order valence-corrected chi connectivity index (χ4v) is 3.39. The van der Waals surface area contributed by atoms with Gasteiger partial charge in [-0.05, 0) is 37.3 Å². The van der Waals surface area contributed by atoms with E-state index in [1.54, 1.807) is 0 Å². The molecular weight excluding hydrogens is 206 g/mol. The van der Waals surface area contributed by atoms with Gasteiger partial charge in [0.25, 0.3) is 0 Å². The van der Waals surface area contributed by atoms with Crippen LogP contribution in [0.4, 0.5) is 5.69 Å². The van der Waals surface area contributed by atoms with Crippen molar-refractivity contribution in [2.75, 3.05) is 11.5 Å². The summed E-state index contributed by atoms with van der Waals surface area (Å²) in [4.78, 5) is 0.821. The lowest BCUT2D eigenvalue weighted by Crippen LogP contribution is -2.19. The van der Waals surface area contributed by atoms with Crippen LogP contribution in [0.3, 0.4) is 0 Å². The minimum Gasteiger partial charge on any atom is -0.398 e. The van der Waals surface area contributed by atoms with Crippen LogP contribution in [0, 0.1) is 12.8 Å².